The Morgan fingerprint density at radius 2 is 1.83 bits per heavy atom. The van der Waals surface area contributed by atoms with E-state index in [1.807, 2.05) is 66.7 Å². The SMILES string of the molecule is O=c1[nH]nc2cc(/C=C/c3ccc(Cl)cc3)c3ccccc3n12. The molecule has 1 N–H and O–H groups in total. The number of nitrogens with zero attached hydrogens (tertiary/aromatic N) is 2. The number of hydrogen-bond acceptors (Lipinski definition) is 2. The van der Waals surface area contributed by atoms with E-state index in [4.69, 9.17) is 11.6 Å². The number of halogens is 1. The maximum Gasteiger partial charge on any atom is 0.348 e. The van der Waals surface area contributed by atoms with Crippen LogP contribution in [0.3, 0.4) is 0 Å². The van der Waals surface area contributed by atoms with E-state index < -0.39 is 0 Å². The first kappa shape index (κ1) is 13.8. The molecule has 0 bridgehead atoms. The van der Waals surface area contributed by atoms with Crippen LogP contribution in [0.1, 0.15) is 11.1 Å². The highest BCUT2D eigenvalue weighted by atomic mass is 35.5. The van der Waals surface area contributed by atoms with Gasteiger partial charge in [-0.25, -0.2) is 14.3 Å². The van der Waals surface area contributed by atoms with Crippen LogP contribution in [0.5, 0.6) is 0 Å². The monoisotopic (exact) mass is 321 g/mol. The van der Waals surface area contributed by atoms with Crippen molar-refractivity contribution in [3.63, 3.8) is 0 Å². The van der Waals surface area contributed by atoms with E-state index in [2.05, 4.69) is 10.2 Å². The normalized spacial score (nSPS) is 11.7. The van der Waals surface area contributed by atoms with Gasteiger partial charge in [0.1, 0.15) is 0 Å². The average molecular weight is 322 g/mol. The van der Waals surface area contributed by atoms with Crippen LogP contribution in [0, 0.1) is 0 Å². The fraction of sp³-hybridized carbons (Fsp3) is 0. The van der Waals surface area contributed by atoms with Crippen molar-refractivity contribution in [2.75, 3.05) is 0 Å². The molecule has 112 valence electrons. The fourth-order valence-electron chi connectivity index (χ4n) is 2.67. The van der Waals surface area contributed by atoms with Gasteiger partial charge in [0.2, 0.25) is 0 Å². The lowest BCUT2D eigenvalue weighted by atomic mass is 10.1. The fourth-order valence-corrected chi connectivity index (χ4v) is 2.79. The molecular weight excluding hydrogens is 310 g/mol. The molecule has 2 heterocycles. The molecule has 0 saturated heterocycles. The summed E-state index contributed by atoms with van der Waals surface area (Å²) in [6, 6.07) is 17.3. The molecule has 0 amide bonds. The molecule has 0 aliphatic carbocycles. The Kier molecular flexibility index (Phi) is 3.24. The van der Waals surface area contributed by atoms with Crippen molar-refractivity contribution in [2.45, 2.75) is 0 Å². The van der Waals surface area contributed by atoms with Crippen LogP contribution in [0.4, 0.5) is 0 Å². The van der Waals surface area contributed by atoms with Crippen molar-refractivity contribution in [3.8, 4) is 0 Å². The highest BCUT2D eigenvalue weighted by molar-refractivity contribution is 6.30. The number of hydrogen-bond donors (Lipinski definition) is 1. The number of aromatic nitrogens is 3. The predicted molar refractivity (Wildman–Crippen MR) is 93.7 cm³/mol. The van der Waals surface area contributed by atoms with Gasteiger partial charge in [0, 0.05) is 10.4 Å². The molecule has 0 atom stereocenters. The van der Waals surface area contributed by atoms with Gasteiger partial charge >= 0.3 is 5.69 Å². The Morgan fingerprint density at radius 1 is 1.04 bits per heavy atom. The maximum atomic E-state index is 11.9. The van der Waals surface area contributed by atoms with Gasteiger partial charge < -0.3 is 0 Å². The molecular formula is C18H12ClN3O. The molecule has 0 unspecified atom stereocenters. The maximum absolute atomic E-state index is 11.9. The van der Waals surface area contributed by atoms with E-state index in [0.717, 1.165) is 22.0 Å². The Balaban J connectivity index is 1.91. The highest BCUT2D eigenvalue weighted by Gasteiger charge is 2.07. The largest absolute Gasteiger partial charge is 0.348 e. The van der Waals surface area contributed by atoms with Gasteiger partial charge in [0.25, 0.3) is 0 Å². The molecule has 4 nitrogen and oxygen atoms in total. The number of benzene rings is 2. The second kappa shape index (κ2) is 5.41. The lowest BCUT2D eigenvalue weighted by Crippen LogP contribution is -2.10. The molecule has 0 saturated carbocycles. The summed E-state index contributed by atoms with van der Waals surface area (Å²) in [7, 11) is 0. The third kappa shape index (κ3) is 2.43. The molecule has 23 heavy (non-hydrogen) atoms. The van der Waals surface area contributed by atoms with Crippen LogP contribution in [-0.4, -0.2) is 14.6 Å². The molecule has 4 aromatic rings. The summed E-state index contributed by atoms with van der Waals surface area (Å²) < 4.78 is 1.58. The number of nitrogens with one attached hydrogen (secondary N) is 1. The van der Waals surface area contributed by atoms with E-state index in [1.165, 1.54) is 0 Å². The zero-order chi connectivity index (χ0) is 15.8. The summed E-state index contributed by atoms with van der Waals surface area (Å²) in [4.78, 5) is 11.9. The standard InChI is InChI=1S/C18H12ClN3O/c19-14-9-6-12(7-10-14)5-8-13-11-17-20-21-18(23)22(17)16-4-2-1-3-15(13)16/h1-11H,(H,21,23)/b8-5+. The van der Waals surface area contributed by atoms with Crippen LogP contribution in [0.25, 0.3) is 28.7 Å². The first-order chi connectivity index (χ1) is 11.2. The van der Waals surface area contributed by atoms with Crippen molar-refractivity contribution < 1.29 is 0 Å². The summed E-state index contributed by atoms with van der Waals surface area (Å²) in [5.74, 6) is 0. The topological polar surface area (TPSA) is 50.2 Å². The van der Waals surface area contributed by atoms with Gasteiger partial charge in [-0.1, -0.05) is 54.1 Å². The van der Waals surface area contributed by atoms with Crippen LogP contribution >= 0.6 is 11.6 Å². The molecule has 0 spiro atoms. The van der Waals surface area contributed by atoms with Crippen LogP contribution in [-0.2, 0) is 0 Å². The lowest BCUT2D eigenvalue weighted by molar-refractivity contribution is 1.04. The van der Waals surface area contributed by atoms with Gasteiger partial charge in [-0.2, -0.15) is 5.10 Å². The lowest BCUT2D eigenvalue weighted by Gasteiger charge is -2.04. The molecule has 2 aromatic heterocycles. The van der Waals surface area contributed by atoms with Gasteiger partial charge in [0.15, 0.2) is 5.65 Å². The van der Waals surface area contributed by atoms with Crippen LogP contribution < -0.4 is 5.69 Å². The molecule has 4 rings (SSSR count). The number of fused-ring (bicyclic) bond motifs is 3. The second-order valence-corrected chi connectivity index (χ2v) is 5.66. The third-order valence-corrected chi connectivity index (χ3v) is 4.02. The third-order valence-electron chi connectivity index (χ3n) is 3.76. The first-order valence-electron chi connectivity index (χ1n) is 7.15. The van der Waals surface area contributed by atoms with Gasteiger partial charge in [-0.3, -0.25) is 0 Å². The van der Waals surface area contributed by atoms with Crippen LogP contribution in [0.2, 0.25) is 5.02 Å². The minimum atomic E-state index is -0.232. The minimum absolute atomic E-state index is 0.232. The quantitative estimate of drug-likeness (QED) is 0.606. The Labute approximate surface area is 136 Å². The first-order valence-corrected chi connectivity index (χ1v) is 7.53. The van der Waals surface area contributed by atoms with Crippen molar-refractivity contribution >= 4 is 40.3 Å². The zero-order valence-corrected chi connectivity index (χ0v) is 12.8. The highest BCUT2D eigenvalue weighted by Crippen LogP contribution is 2.22. The van der Waals surface area contributed by atoms with E-state index in [-0.39, 0.29) is 5.69 Å². The summed E-state index contributed by atoms with van der Waals surface area (Å²) in [5, 5.41) is 8.27. The van der Waals surface area contributed by atoms with Crippen LogP contribution in [0.15, 0.2) is 59.4 Å². The molecule has 0 radical (unpaired) electrons. The molecule has 0 fully saturated rings. The molecule has 0 aliphatic rings. The van der Waals surface area contributed by atoms with E-state index in [9.17, 15) is 4.79 Å². The van der Waals surface area contributed by atoms with Crippen molar-refractivity contribution in [1.29, 1.82) is 0 Å². The molecule has 0 aliphatic heterocycles. The van der Waals surface area contributed by atoms with Crippen molar-refractivity contribution in [1.82, 2.24) is 14.6 Å². The number of H-pyrrole nitrogens is 1. The van der Waals surface area contributed by atoms with Crippen molar-refractivity contribution in [3.05, 3.63) is 81.2 Å². The predicted octanol–water partition coefficient (Wildman–Crippen LogP) is 4.00. The van der Waals surface area contributed by atoms with Gasteiger partial charge in [-0.15, -0.1) is 0 Å². The number of para-hydroxylation sites is 1. The summed E-state index contributed by atoms with van der Waals surface area (Å²) in [6.45, 7) is 0. The second-order valence-electron chi connectivity index (χ2n) is 5.22. The smallest absolute Gasteiger partial charge is 0.246 e. The van der Waals surface area contributed by atoms with Gasteiger partial charge in [0.05, 0.1) is 5.52 Å². The summed E-state index contributed by atoms with van der Waals surface area (Å²) in [6.07, 6.45) is 4.03. The zero-order valence-electron chi connectivity index (χ0n) is 12.0. The van der Waals surface area contributed by atoms with Gasteiger partial charge in [-0.05, 0) is 35.4 Å². The molecule has 5 heteroatoms. The average Bonchev–Trinajstić information content (AvgIpc) is 2.95. The Morgan fingerprint density at radius 3 is 2.65 bits per heavy atom. The summed E-state index contributed by atoms with van der Waals surface area (Å²) in [5.41, 5.74) is 3.26. The van der Waals surface area contributed by atoms with E-state index in [0.29, 0.717) is 10.7 Å². The number of pyridine rings is 1. The number of rotatable bonds is 2. The Hall–Kier alpha value is -2.85. The minimum Gasteiger partial charge on any atom is -0.246 e. The Bertz CT molecular complexity index is 1090. The summed E-state index contributed by atoms with van der Waals surface area (Å²) >= 11 is 5.91. The number of aromatic amines is 1. The molecule has 2 aromatic carbocycles. The van der Waals surface area contributed by atoms with E-state index in [1.54, 1.807) is 4.40 Å². The van der Waals surface area contributed by atoms with E-state index >= 15 is 0 Å². The van der Waals surface area contributed by atoms with Crippen molar-refractivity contribution in [2.24, 2.45) is 0 Å².